The third-order valence-electron chi connectivity index (χ3n) is 3.47. The summed E-state index contributed by atoms with van der Waals surface area (Å²) in [5, 5.41) is 9.46. The number of nitrogen functional groups attached to an aromatic ring is 1. The molecule has 1 aromatic carbocycles. The predicted molar refractivity (Wildman–Crippen MR) is 84.1 cm³/mol. The van der Waals surface area contributed by atoms with E-state index in [0.29, 0.717) is 12.2 Å². The molecule has 0 unspecified atom stereocenters. The fraction of sp³-hybridized carbons (Fsp3) is 0.294. The first kappa shape index (κ1) is 14.9. The quantitative estimate of drug-likeness (QED) is 0.931. The van der Waals surface area contributed by atoms with Gasteiger partial charge >= 0.3 is 0 Å². The smallest absolute Gasteiger partial charge is 0.142 e. The van der Waals surface area contributed by atoms with Crippen LogP contribution in [0, 0.1) is 18.3 Å². The van der Waals surface area contributed by atoms with E-state index in [1.54, 1.807) is 0 Å². The topological polar surface area (TPSA) is 71.9 Å². The maximum Gasteiger partial charge on any atom is 0.142 e. The van der Waals surface area contributed by atoms with Crippen LogP contribution in [0.3, 0.4) is 0 Å². The monoisotopic (exact) mass is 281 g/mol. The highest BCUT2D eigenvalue weighted by Gasteiger charge is 2.19. The Morgan fingerprint density at radius 3 is 2.62 bits per heavy atom. The minimum Gasteiger partial charge on any atom is -0.493 e. The molecule has 4 heteroatoms. The number of rotatable bonds is 4. The van der Waals surface area contributed by atoms with Crippen molar-refractivity contribution in [3.8, 4) is 22.9 Å². The Labute approximate surface area is 125 Å². The van der Waals surface area contributed by atoms with Crippen LogP contribution in [-0.4, -0.2) is 11.6 Å². The van der Waals surface area contributed by atoms with Crippen molar-refractivity contribution in [2.75, 3.05) is 12.3 Å². The van der Waals surface area contributed by atoms with Crippen molar-refractivity contribution < 1.29 is 4.74 Å². The number of hydrogen-bond acceptors (Lipinski definition) is 4. The van der Waals surface area contributed by atoms with Crippen LogP contribution >= 0.6 is 0 Å². The van der Waals surface area contributed by atoms with E-state index in [2.05, 4.69) is 11.1 Å². The molecule has 1 heterocycles. The molecule has 0 saturated carbocycles. The first-order chi connectivity index (χ1) is 10.1. The van der Waals surface area contributed by atoms with Crippen molar-refractivity contribution in [2.24, 2.45) is 0 Å². The molecule has 2 rings (SSSR count). The molecule has 4 nitrogen and oxygen atoms in total. The van der Waals surface area contributed by atoms with Gasteiger partial charge in [-0.1, -0.05) is 25.1 Å². The number of anilines is 1. The minimum atomic E-state index is 0.279. The Balaban J connectivity index is 2.80. The van der Waals surface area contributed by atoms with Gasteiger partial charge in [-0.3, -0.25) is 0 Å². The molecule has 0 fully saturated rings. The summed E-state index contributed by atoms with van der Waals surface area (Å²) in [5.41, 5.74) is 9.98. The zero-order chi connectivity index (χ0) is 15.4. The van der Waals surface area contributed by atoms with Gasteiger partial charge in [-0.15, -0.1) is 0 Å². The molecule has 0 aliphatic carbocycles. The van der Waals surface area contributed by atoms with Crippen LogP contribution < -0.4 is 10.5 Å². The fourth-order valence-corrected chi connectivity index (χ4v) is 2.49. The number of nitriles is 1. The van der Waals surface area contributed by atoms with Crippen molar-refractivity contribution in [1.82, 2.24) is 4.98 Å². The van der Waals surface area contributed by atoms with E-state index in [1.807, 2.05) is 45.0 Å². The number of para-hydroxylation sites is 1. The van der Waals surface area contributed by atoms with Gasteiger partial charge < -0.3 is 10.5 Å². The molecular formula is C17H19N3O. The lowest BCUT2D eigenvalue weighted by atomic mass is 9.93. The first-order valence-electron chi connectivity index (χ1n) is 7.05. The maximum atomic E-state index is 9.46. The van der Waals surface area contributed by atoms with Gasteiger partial charge in [0.15, 0.2) is 0 Å². The summed E-state index contributed by atoms with van der Waals surface area (Å²) >= 11 is 0. The van der Waals surface area contributed by atoms with E-state index in [9.17, 15) is 5.26 Å². The van der Waals surface area contributed by atoms with Crippen molar-refractivity contribution in [2.45, 2.75) is 27.2 Å². The van der Waals surface area contributed by atoms with Crippen LogP contribution in [0.1, 0.15) is 30.7 Å². The minimum absolute atomic E-state index is 0.279. The lowest BCUT2D eigenvalue weighted by Crippen LogP contribution is -2.06. The summed E-state index contributed by atoms with van der Waals surface area (Å²) < 4.78 is 5.69. The summed E-state index contributed by atoms with van der Waals surface area (Å²) in [6, 6.07) is 9.89. The number of aromatic nitrogens is 1. The number of ether oxygens (including phenoxy) is 1. The van der Waals surface area contributed by atoms with Gasteiger partial charge in [0, 0.05) is 16.8 Å². The van der Waals surface area contributed by atoms with Crippen molar-refractivity contribution in [3.05, 3.63) is 41.1 Å². The second kappa shape index (κ2) is 6.27. The molecule has 1 aromatic heterocycles. The van der Waals surface area contributed by atoms with E-state index >= 15 is 0 Å². The fourth-order valence-electron chi connectivity index (χ4n) is 2.49. The molecular weight excluding hydrogens is 262 g/mol. The van der Waals surface area contributed by atoms with Crippen LogP contribution in [0.5, 0.6) is 5.75 Å². The van der Waals surface area contributed by atoms with Crippen LogP contribution in [-0.2, 0) is 6.42 Å². The highest BCUT2D eigenvalue weighted by atomic mass is 16.5. The summed E-state index contributed by atoms with van der Waals surface area (Å²) in [5.74, 6) is 1.04. The number of benzene rings is 1. The number of nitrogens with zero attached hydrogens (tertiary/aromatic N) is 2. The maximum absolute atomic E-state index is 9.46. The first-order valence-corrected chi connectivity index (χ1v) is 7.05. The molecule has 0 atom stereocenters. The lowest BCUT2D eigenvalue weighted by Gasteiger charge is -2.16. The molecule has 108 valence electrons. The summed E-state index contributed by atoms with van der Waals surface area (Å²) in [6.07, 6.45) is 0.769. The number of nitrogens with two attached hydrogens (primary N) is 1. The third kappa shape index (κ3) is 2.68. The molecule has 21 heavy (non-hydrogen) atoms. The number of pyridine rings is 1. The Kier molecular flexibility index (Phi) is 4.44. The molecule has 0 radical (unpaired) electrons. The zero-order valence-electron chi connectivity index (χ0n) is 12.6. The van der Waals surface area contributed by atoms with Gasteiger partial charge in [-0.2, -0.15) is 5.26 Å². The highest BCUT2D eigenvalue weighted by molar-refractivity contribution is 5.82. The van der Waals surface area contributed by atoms with Crippen molar-refractivity contribution >= 4 is 5.82 Å². The van der Waals surface area contributed by atoms with Gasteiger partial charge in [0.25, 0.3) is 0 Å². The Bertz CT molecular complexity index is 701. The molecule has 0 amide bonds. The molecule has 0 spiro atoms. The number of aryl methyl sites for hydroxylation is 1. The average molecular weight is 281 g/mol. The molecule has 2 aromatic rings. The lowest BCUT2D eigenvalue weighted by molar-refractivity contribution is 0.341. The Hall–Kier alpha value is -2.54. The SMILES string of the molecule is CCOc1ccccc1-c1c(C)c(CC)nc(N)c1C#N. The Morgan fingerprint density at radius 1 is 1.29 bits per heavy atom. The average Bonchev–Trinajstić information content (AvgIpc) is 2.50. The molecule has 0 aliphatic heterocycles. The largest absolute Gasteiger partial charge is 0.493 e. The van der Waals surface area contributed by atoms with Crippen LogP contribution in [0.15, 0.2) is 24.3 Å². The van der Waals surface area contributed by atoms with Gasteiger partial charge in [0.05, 0.1) is 6.61 Å². The van der Waals surface area contributed by atoms with Crippen LogP contribution in [0.4, 0.5) is 5.82 Å². The zero-order valence-corrected chi connectivity index (χ0v) is 12.6. The Morgan fingerprint density at radius 2 is 2.00 bits per heavy atom. The van der Waals surface area contributed by atoms with Crippen LogP contribution in [0.25, 0.3) is 11.1 Å². The molecule has 0 bridgehead atoms. The molecule has 0 aliphatic rings. The second-order valence-corrected chi connectivity index (χ2v) is 4.71. The summed E-state index contributed by atoms with van der Waals surface area (Å²) in [7, 11) is 0. The number of hydrogen-bond donors (Lipinski definition) is 1. The van der Waals surface area contributed by atoms with Crippen LogP contribution in [0.2, 0.25) is 0 Å². The van der Waals surface area contributed by atoms with Crippen molar-refractivity contribution in [1.29, 1.82) is 5.26 Å². The summed E-state index contributed by atoms with van der Waals surface area (Å²) in [4.78, 5) is 4.34. The standard InChI is InChI=1S/C17H19N3O/c1-4-14-11(3)16(13(10-18)17(19)20-14)12-8-6-7-9-15(12)21-5-2/h6-9H,4-5H2,1-3H3,(H2,19,20). The van der Waals surface area contributed by atoms with E-state index < -0.39 is 0 Å². The second-order valence-electron chi connectivity index (χ2n) is 4.71. The van der Waals surface area contributed by atoms with E-state index in [0.717, 1.165) is 34.6 Å². The van der Waals surface area contributed by atoms with E-state index in [4.69, 9.17) is 10.5 Å². The van der Waals surface area contributed by atoms with Crippen molar-refractivity contribution in [3.63, 3.8) is 0 Å². The predicted octanol–water partition coefficient (Wildman–Crippen LogP) is 3.47. The highest BCUT2D eigenvalue weighted by Crippen LogP contribution is 2.37. The third-order valence-corrected chi connectivity index (χ3v) is 3.47. The van der Waals surface area contributed by atoms with Gasteiger partial charge in [-0.25, -0.2) is 4.98 Å². The summed E-state index contributed by atoms with van der Waals surface area (Å²) in [6.45, 7) is 6.51. The van der Waals surface area contributed by atoms with Gasteiger partial charge in [-0.05, 0) is 31.9 Å². The molecule has 2 N–H and O–H groups in total. The van der Waals surface area contributed by atoms with Gasteiger partial charge in [0.2, 0.25) is 0 Å². The molecule has 0 saturated heterocycles. The van der Waals surface area contributed by atoms with E-state index in [1.165, 1.54) is 0 Å². The van der Waals surface area contributed by atoms with E-state index in [-0.39, 0.29) is 5.82 Å². The normalized spacial score (nSPS) is 10.2. The van der Waals surface area contributed by atoms with Gasteiger partial charge in [0.1, 0.15) is 23.2 Å².